The Balaban J connectivity index is 1.40. The van der Waals surface area contributed by atoms with Crippen molar-refractivity contribution in [2.24, 2.45) is 5.92 Å². The zero-order valence-corrected chi connectivity index (χ0v) is 16.3. The molecule has 1 aliphatic heterocycles. The van der Waals surface area contributed by atoms with Gasteiger partial charge < -0.3 is 5.32 Å². The first-order chi connectivity index (χ1) is 14.2. The minimum Gasteiger partial charge on any atom is -0.349 e. The third-order valence-electron chi connectivity index (χ3n) is 5.39. The maximum atomic E-state index is 12.7. The number of carbonyl (C=O) groups excluding carboxylic acids is 1. The lowest BCUT2D eigenvalue weighted by molar-refractivity contribution is -0.137. The fourth-order valence-electron chi connectivity index (χ4n) is 3.91. The Labute approximate surface area is 171 Å². The molecule has 4 rings (SSSR count). The molecular formula is C19H17F3N4O3S. The van der Waals surface area contributed by atoms with E-state index in [4.69, 9.17) is 0 Å². The van der Waals surface area contributed by atoms with Gasteiger partial charge in [0, 0.05) is 24.0 Å². The van der Waals surface area contributed by atoms with Crippen molar-refractivity contribution in [3.63, 3.8) is 0 Å². The van der Waals surface area contributed by atoms with Crippen LogP contribution in [0.4, 0.5) is 13.2 Å². The van der Waals surface area contributed by atoms with E-state index in [-0.39, 0.29) is 24.4 Å². The Hall–Kier alpha value is -2.79. The summed E-state index contributed by atoms with van der Waals surface area (Å²) >= 11 is 0. The average molecular weight is 438 g/mol. The zero-order chi connectivity index (χ0) is 21.5. The van der Waals surface area contributed by atoms with E-state index in [1.165, 1.54) is 12.3 Å². The van der Waals surface area contributed by atoms with Gasteiger partial charge in [-0.3, -0.25) is 20.1 Å². The SMILES string of the molecule is O=C(NCc1cc(-c2ccc(C(F)(F)F)cn2)ccn1)C1NC2CC1CC2=S(=O)=O. The van der Waals surface area contributed by atoms with Gasteiger partial charge in [-0.15, -0.1) is 0 Å². The van der Waals surface area contributed by atoms with Crippen LogP contribution in [0.2, 0.25) is 0 Å². The highest BCUT2D eigenvalue weighted by molar-refractivity contribution is 7.73. The summed E-state index contributed by atoms with van der Waals surface area (Å²) in [6, 6.07) is 4.78. The van der Waals surface area contributed by atoms with E-state index in [0.717, 1.165) is 12.3 Å². The van der Waals surface area contributed by atoms with Gasteiger partial charge in [-0.1, -0.05) is 0 Å². The molecule has 0 aromatic carbocycles. The second kappa shape index (κ2) is 7.80. The molecule has 2 N–H and O–H groups in total. The highest BCUT2D eigenvalue weighted by Gasteiger charge is 2.47. The number of pyridine rings is 2. The van der Waals surface area contributed by atoms with Crippen LogP contribution in [0.1, 0.15) is 24.1 Å². The molecule has 1 amide bonds. The van der Waals surface area contributed by atoms with E-state index in [2.05, 4.69) is 20.6 Å². The monoisotopic (exact) mass is 438 g/mol. The van der Waals surface area contributed by atoms with Crippen LogP contribution in [-0.2, 0) is 27.8 Å². The van der Waals surface area contributed by atoms with Gasteiger partial charge in [0.2, 0.25) is 16.2 Å². The number of halogens is 3. The van der Waals surface area contributed by atoms with Crippen molar-refractivity contribution in [1.82, 2.24) is 20.6 Å². The number of carbonyl (C=O) groups is 1. The van der Waals surface area contributed by atoms with E-state index in [1.54, 1.807) is 12.1 Å². The van der Waals surface area contributed by atoms with Gasteiger partial charge in [0.25, 0.3) is 0 Å². The van der Waals surface area contributed by atoms with E-state index in [0.29, 0.717) is 34.7 Å². The van der Waals surface area contributed by atoms with E-state index >= 15 is 0 Å². The second-order valence-electron chi connectivity index (χ2n) is 7.28. The standard InChI is InChI=1S/C19H17F3N4O3S/c20-19(21,22)12-1-2-14(24-8-12)10-3-4-23-13(5-10)9-25-18(27)17-11-6-15(26-17)16(7-11)30(28)29/h1-5,8,11,15,17,26H,6-7,9H2,(H,25,27). The van der Waals surface area contributed by atoms with Crippen LogP contribution in [-0.4, -0.2) is 41.2 Å². The van der Waals surface area contributed by atoms with Gasteiger partial charge in [-0.25, -0.2) is 0 Å². The van der Waals surface area contributed by atoms with Crippen LogP contribution >= 0.6 is 0 Å². The first-order valence-electron chi connectivity index (χ1n) is 9.19. The number of alkyl halides is 3. The van der Waals surface area contributed by atoms with Crippen molar-refractivity contribution >= 4 is 21.1 Å². The minimum atomic E-state index is -4.45. The molecule has 3 heterocycles. The number of piperidine rings is 1. The molecule has 158 valence electrons. The van der Waals surface area contributed by atoms with E-state index < -0.39 is 28.1 Å². The van der Waals surface area contributed by atoms with Crippen LogP contribution in [0.3, 0.4) is 0 Å². The van der Waals surface area contributed by atoms with Crippen molar-refractivity contribution in [1.29, 1.82) is 0 Å². The van der Waals surface area contributed by atoms with Crippen molar-refractivity contribution < 1.29 is 26.4 Å². The van der Waals surface area contributed by atoms with Crippen LogP contribution in [0.25, 0.3) is 11.3 Å². The molecule has 2 aliphatic rings. The summed E-state index contributed by atoms with van der Waals surface area (Å²) < 4.78 is 60.3. The lowest BCUT2D eigenvalue weighted by Crippen LogP contribution is -2.50. The molecule has 2 fully saturated rings. The Morgan fingerprint density at radius 2 is 2.03 bits per heavy atom. The van der Waals surface area contributed by atoms with Crippen LogP contribution in [0, 0.1) is 5.92 Å². The zero-order valence-electron chi connectivity index (χ0n) is 15.5. The lowest BCUT2D eigenvalue weighted by Gasteiger charge is -2.22. The van der Waals surface area contributed by atoms with E-state index in [9.17, 15) is 26.4 Å². The largest absolute Gasteiger partial charge is 0.417 e. The molecule has 2 aromatic rings. The predicted octanol–water partition coefficient (Wildman–Crippen LogP) is 1.58. The van der Waals surface area contributed by atoms with Gasteiger partial charge in [0.15, 0.2) is 0 Å². The summed E-state index contributed by atoms with van der Waals surface area (Å²) in [6.45, 7) is 0.132. The molecule has 3 unspecified atom stereocenters. The number of hydrogen-bond donors (Lipinski definition) is 2. The highest BCUT2D eigenvalue weighted by Crippen LogP contribution is 2.33. The number of nitrogens with zero attached hydrogens (tertiary/aromatic N) is 2. The summed E-state index contributed by atoms with van der Waals surface area (Å²) in [5.74, 6) is -0.295. The first kappa shape index (κ1) is 20.5. The van der Waals surface area contributed by atoms with Crippen molar-refractivity contribution in [3.8, 4) is 11.3 Å². The fraction of sp³-hybridized carbons (Fsp3) is 0.368. The Morgan fingerprint density at radius 3 is 2.63 bits per heavy atom. The smallest absolute Gasteiger partial charge is 0.349 e. The molecule has 2 aromatic heterocycles. The van der Waals surface area contributed by atoms with Crippen molar-refractivity contribution in [2.45, 2.75) is 37.6 Å². The Kier molecular flexibility index (Phi) is 5.33. The number of fused-ring (bicyclic) bond motifs is 2. The summed E-state index contributed by atoms with van der Waals surface area (Å²) in [5.41, 5.74) is 0.644. The average Bonchev–Trinajstić information content (AvgIpc) is 3.33. The fourth-order valence-corrected chi connectivity index (χ4v) is 4.66. The van der Waals surface area contributed by atoms with Crippen molar-refractivity contribution in [2.75, 3.05) is 0 Å². The molecule has 0 radical (unpaired) electrons. The van der Waals surface area contributed by atoms with Crippen LogP contribution in [0.5, 0.6) is 0 Å². The lowest BCUT2D eigenvalue weighted by atomic mass is 9.99. The number of nitrogens with one attached hydrogen (secondary N) is 2. The molecule has 30 heavy (non-hydrogen) atoms. The molecule has 11 heteroatoms. The first-order valence-corrected chi connectivity index (χ1v) is 10.3. The predicted molar refractivity (Wildman–Crippen MR) is 102 cm³/mol. The molecule has 7 nitrogen and oxygen atoms in total. The summed E-state index contributed by atoms with van der Waals surface area (Å²) in [6.07, 6.45) is -1.17. The Morgan fingerprint density at radius 1 is 1.23 bits per heavy atom. The highest BCUT2D eigenvalue weighted by atomic mass is 32.2. The van der Waals surface area contributed by atoms with Crippen molar-refractivity contribution in [3.05, 3.63) is 47.9 Å². The number of amides is 1. The summed E-state index contributed by atoms with van der Waals surface area (Å²) in [7, 11) is -2.24. The molecular weight excluding hydrogens is 421 g/mol. The molecule has 1 saturated carbocycles. The molecule has 1 saturated heterocycles. The maximum absolute atomic E-state index is 12.7. The van der Waals surface area contributed by atoms with Gasteiger partial charge in [0.1, 0.15) is 0 Å². The normalized spacial score (nSPS) is 22.9. The summed E-state index contributed by atoms with van der Waals surface area (Å²) in [4.78, 5) is 20.9. The van der Waals surface area contributed by atoms with Gasteiger partial charge in [-0.05, 0) is 43.0 Å². The van der Waals surface area contributed by atoms with E-state index in [1.807, 2.05) is 0 Å². The Bertz CT molecular complexity index is 1110. The second-order valence-corrected chi connectivity index (χ2v) is 8.28. The van der Waals surface area contributed by atoms with Crippen LogP contribution < -0.4 is 10.6 Å². The topological polar surface area (TPSA) is 101 Å². The third kappa shape index (κ3) is 4.08. The third-order valence-corrected chi connectivity index (χ3v) is 6.27. The molecule has 2 bridgehead atoms. The number of hydrogen-bond acceptors (Lipinski definition) is 6. The quantitative estimate of drug-likeness (QED) is 0.703. The molecule has 3 atom stereocenters. The van der Waals surface area contributed by atoms with Crippen LogP contribution in [0.15, 0.2) is 36.7 Å². The number of rotatable bonds is 4. The number of aromatic nitrogens is 2. The minimum absolute atomic E-state index is 0.0569. The molecule has 0 spiro atoms. The maximum Gasteiger partial charge on any atom is 0.417 e. The van der Waals surface area contributed by atoms with Gasteiger partial charge >= 0.3 is 6.18 Å². The molecule has 1 aliphatic carbocycles. The summed E-state index contributed by atoms with van der Waals surface area (Å²) in [5, 5.41) is 5.83. The van der Waals surface area contributed by atoms with Gasteiger partial charge in [0.05, 0.1) is 34.4 Å². The van der Waals surface area contributed by atoms with Gasteiger partial charge in [-0.2, -0.15) is 21.6 Å².